The van der Waals surface area contributed by atoms with E-state index in [-0.39, 0.29) is 5.91 Å². The van der Waals surface area contributed by atoms with Gasteiger partial charge in [0.2, 0.25) is 0 Å². The number of nitrogens with zero attached hydrogens (tertiary/aromatic N) is 4. The summed E-state index contributed by atoms with van der Waals surface area (Å²) in [5, 5.41) is 5.60. The van der Waals surface area contributed by atoms with Crippen molar-refractivity contribution >= 4 is 22.5 Å². The molecule has 0 N–H and O–H groups in total. The first-order valence-electron chi connectivity index (χ1n) is 9.61. The Hall–Kier alpha value is -3.67. The van der Waals surface area contributed by atoms with Crippen LogP contribution >= 0.6 is 0 Å². The largest absolute Gasteiger partial charge is 0.487 e. The number of carbonyl (C=O) groups excluding carboxylic acids is 1. The van der Waals surface area contributed by atoms with E-state index in [1.807, 2.05) is 73.7 Å². The smallest absolute Gasteiger partial charge is 0.276 e. The highest BCUT2D eigenvalue weighted by molar-refractivity contribution is 6.06. The summed E-state index contributed by atoms with van der Waals surface area (Å²) in [5.41, 5.74) is 4.04. The molecular formula is C23H20N4O2. The third-order valence-electron chi connectivity index (χ3n) is 5.09. The van der Waals surface area contributed by atoms with E-state index in [1.165, 1.54) is 0 Å². The number of aryl methyl sites for hydroxylation is 1. The molecule has 0 saturated heterocycles. The molecular weight excluding hydrogens is 364 g/mol. The van der Waals surface area contributed by atoms with Gasteiger partial charge in [-0.1, -0.05) is 30.3 Å². The van der Waals surface area contributed by atoms with Crippen molar-refractivity contribution in [1.29, 1.82) is 0 Å². The number of ether oxygens (including phenoxy) is 1. The van der Waals surface area contributed by atoms with Gasteiger partial charge in [0.05, 0.1) is 12.1 Å². The maximum Gasteiger partial charge on any atom is 0.276 e. The van der Waals surface area contributed by atoms with Crippen LogP contribution in [-0.2, 0) is 13.2 Å². The zero-order valence-corrected chi connectivity index (χ0v) is 16.1. The van der Waals surface area contributed by atoms with Crippen molar-refractivity contribution in [2.75, 3.05) is 11.4 Å². The quantitative estimate of drug-likeness (QED) is 0.534. The first kappa shape index (κ1) is 17.4. The molecule has 0 bridgehead atoms. The number of carbonyl (C=O) groups is 1. The molecule has 0 atom stereocenters. The van der Waals surface area contributed by atoms with Gasteiger partial charge in [0.15, 0.2) is 0 Å². The van der Waals surface area contributed by atoms with E-state index in [2.05, 4.69) is 10.1 Å². The second kappa shape index (κ2) is 7.05. The van der Waals surface area contributed by atoms with Gasteiger partial charge >= 0.3 is 0 Å². The maximum atomic E-state index is 13.1. The third-order valence-corrected chi connectivity index (χ3v) is 5.09. The van der Waals surface area contributed by atoms with Crippen molar-refractivity contribution in [3.63, 3.8) is 0 Å². The van der Waals surface area contributed by atoms with Gasteiger partial charge in [-0.25, -0.2) is 0 Å². The van der Waals surface area contributed by atoms with Gasteiger partial charge in [0, 0.05) is 23.3 Å². The molecule has 0 saturated carbocycles. The van der Waals surface area contributed by atoms with Crippen LogP contribution in [0, 0.1) is 6.92 Å². The Labute approximate surface area is 168 Å². The molecule has 1 amide bonds. The first-order chi connectivity index (χ1) is 14.2. The summed E-state index contributed by atoms with van der Waals surface area (Å²) < 4.78 is 7.54. The SMILES string of the molecule is Cc1ccc2ccc(N3CCn4nc(COc5ccccc5)cc4C3=O)cc2n1. The van der Waals surface area contributed by atoms with Gasteiger partial charge in [-0.05, 0) is 43.3 Å². The minimum absolute atomic E-state index is 0.0540. The third kappa shape index (κ3) is 3.33. The van der Waals surface area contributed by atoms with Crippen molar-refractivity contribution in [1.82, 2.24) is 14.8 Å². The molecule has 0 radical (unpaired) electrons. The minimum Gasteiger partial charge on any atom is -0.487 e. The van der Waals surface area contributed by atoms with Crippen LogP contribution < -0.4 is 9.64 Å². The van der Waals surface area contributed by atoms with Crippen molar-refractivity contribution in [3.8, 4) is 5.75 Å². The second-order valence-electron chi connectivity index (χ2n) is 7.13. The molecule has 144 valence electrons. The molecule has 0 fully saturated rings. The molecule has 2 aromatic heterocycles. The number of hydrogen-bond acceptors (Lipinski definition) is 4. The van der Waals surface area contributed by atoms with Gasteiger partial charge < -0.3 is 9.64 Å². The number of rotatable bonds is 4. The number of hydrogen-bond donors (Lipinski definition) is 0. The standard InChI is InChI=1S/C23H20N4O2/c1-16-7-8-17-9-10-19(14-21(17)24-16)26-11-12-27-22(23(26)28)13-18(25-27)15-29-20-5-3-2-4-6-20/h2-10,13-14H,11-12,15H2,1H3. The lowest BCUT2D eigenvalue weighted by Gasteiger charge is -2.27. The Morgan fingerprint density at radius 2 is 1.83 bits per heavy atom. The molecule has 3 heterocycles. The summed E-state index contributed by atoms with van der Waals surface area (Å²) in [7, 11) is 0. The second-order valence-corrected chi connectivity index (χ2v) is 7.13. The van der Waals surface area contributed by atoms with E-state index < -0.39 is 0 Å². The fourth-order valence-electron chi connectivity index (χ4n) is 3.61. The predicted octanol–water partition coefficient (Wildman–Crippen LogP) is 3.98. The van der Waals surface area contributed by atoms with E-state index in [0.717, 1.165) is 33.7 Å². The van der Waals surface area contributed by atoms with Gasteiger partial charge in [0.1, 0.15) is 23.7 Å². The lowest BCUT2D eigenvalue weighted by Crippen LogP contribution is -2.40. The molecule has 2 aromatic carbocycles. The normalized spacial score (nSPS) is 13.6. The highest BCUT2D eigenvalue weighted by Gasteiger charge is 2.27. The summed E-state index contributed by atoms with van der Waals surface area (Å²) in [4.78, 5) is 19.5. The number of anilines is 1. The van der Waals surface area contributed by atoms with E-state index in [9.17, 15) is 4.79 Å². The summed E-state index contributed by atoms with van der Waals surface area (Å²) in [6, 6.07) is 21.4. The number of aromatic nitrogens is 3. The Morgan fingerprint density at radius 3 is 2.69 bits per heavy atom. The topological polar surface area (TPSA) is 60.2 Å². The fraction of sp³-hybridized carbons (Fsp3) is 0.174. The van der Waals surface area contributed by atoms with Gasteiger partial charge in [-0.2, -0.15) is 5.10 Å². The van der Waals surface area contributed by atoms with E-state index in [4.69, 9.17) is 4.74 Å². The van der Waals surface area contributed by atoms with Crippen molar-refractivity contribution in [2.24, 2.45) is 0 Å². The van der Waals surface area contributed by atoms with Crippen molar-refractivity contribution in [2.45, 2.75) is 20.1 Å². The zero-order chi connectivity index (χ0) is 19.8. The Bertz CT molecular complexity index is 1200. The maximum absolute atomic E-state index is 13.1. The Kier molecular flexibility index (Phi) is 4.24. The summed E-state index contributed by atoms with van der Waals surface area (Å²) >= 11 is 0. The van der Waals surface area contributed by atoms with Crippen LogP contribution in [0.25, 0.3) is 10.9 Å². The molecule has 1 aliphatic heterocycles. The average molecular weight is 384 g/mol. The number of para-hydroxylation sites is 1. The van der Waals surface area contributed by atoms with E-state index in [1.54, 1.807) is 9.58 Å². The van der Waals surface area contributed by atoms with Crippen LogP contribution in [0.15, 0.2) is 66.7 Å². The van der Waals surface area contributed by atoms with Gasteiger partial charge in [0.25, 0.3) is 5.91 Å². The van der Waals surface area contributed by atoms with Crippen LogP contribution in [0.5, 0.6) is 5.75 Å². The van der Waals surface area contributed by atoms with Crippen LogP contribution in [0.1, 0.15) is 21.9 Å². The number of fused-ring (bicyclic) bond motifs is 2. The highest BCUT2D eigenvalue weighted by Crippen LogP contribution is 2.25. The lowest BCUT2D eigenvalue weighted by molar-refractivity contribution is 0.0962. The van der Waals surface area contributed by atoms with Gasteiger partial charge in [-0.3, -0.25) is 14.5 Å². The van der Waals surface area contributed by atoms with E-state index >= 15 is 0 Å². The minimum atomic E-state index is -0.0540. The molecule has 6 nitrogen and oxygen atoms in total. The first-order valence-corrected chi connectivity index (χ1v) is 9.61. The van der Waals surface area contributed by atoms with Crippen molar-refractivity contribution in [3.05, 3.63) is 83.8 Å². The molecule has 0 spiro atoms. The summed E-state index contributed by atoms with van der Waals surface area (Å²) in [6.45, 7) is 3.52. The molecule has 5 rings (SSSR count). The van der Waals surface area contributed by atoms with Crippen LogP contribution in [0.2, 0.25) is 0 Å². The molecule has 29 heavy (non-hydrogen) atoms. The monoisotopic (exact) mass is 384 g/mol. The van der Waals surface area contributed by atoms with E-state index in [0.29, 0.717) is 25.4 Å². The van der Waals surface area contributed by atoms with Crippen LogP contribution in [0.3, 0.4) is 0 Å². The fourth-order valence-corrected chi connectivity index (χ4v) is 3.61. The van der Waals surface area contributed by atoms with Crippen LogP contribution in [-0.4, -0.2) is 27.2 Å². The molecule has 0 unspecified atom stereocenters. The molecule has 6 heteroatoms. The average Bonchev–Trinajstić information content (AvgIpc) is 3.17. The molecule has 0 aliphatic carbocycles. The summed E-state index contributed by atoms with van der Waals surface area (Å²) in [6.07, 6.45) is 0. The number of benzene rings is 2. The summed E-state index contributed by atoms with van der Waals surface area (Å²) in [5.74, 6) is 0.729. The highest BCUT2D eigenvalue weighted by atomic mass is 16.5. The number of amides is 1. The zero-order valence-electron chi connectivity index (χ0n) is 16.1. The Balaban J connectivity index is 1.38. The van der Waals surface area contributed by atoms with Gasteiger partial charge in [-0.15, -0.1) is 0 Å². The predicted molar refractivity (Wildman–Crippen MR) is 111 cm³/mol. The molecule has 1 aliphatic rings. The van der Waals surface area contributed by atoms with Crippen LogP contribution in [0.4, 0.5) is 5.69 Å². The Morgan fingerprint density at radius 1 is 1.00 bits per heavy atom. The number of pyridine rings is 1. The lowest BCUT2D eigenvalue weighted by atomic mass is 10.1. The molecule has 4 aromatic rings. The van der Waals surface area contributed by atoms with Crippen molar-refractivity contribution < 1.29 is 9.53 Å².